The normalized spacial score (nSPS) is 9.95. The molecule has 2 aromatic carbocycles. The summed E-state index contributed by atoms with van der Waals surface area (Å²) in [5.74, 6) is 0.128. The lowest BCUT2D eigenvalue weighted by atomic mass is 10.2. The number of hydrogen-bond donors (Lipinski definition) is 2. The van der Waals surface area contributed by atoms with Crippen LogP contribution in [-0.2, 0) is 0 Å². The summed E-state index contributed by atoms with van der Waals surface area (Å²) in [5.41, 5.74) is 0.933. The van der Waals surface area contributed by atoms with Gasteiger partial charge in [0.15, 0.2) is 0 Å². The smallest absolute Gasteiger partial charge is 0.271 e. The first-order valence-electron chi connectivity index (χ1n) is 5.43. The van der Waals surface area contributed by atoms with Crippen molar-refractivity contribution in [1.82, 2.24) is 0 Å². The lowest BCUT2D eigenvalue weighted by Gasteiger charge is -2.09. The molecule has 0 unspecified atom stereocenters. The Bertz CT molecular complexity index is 629. The third-order valence-corrected chi connectivity index (χ3v) is 2.81. The van der Waals surface area contributed by atoms with Crippen molar-refractivity contribution in [3.05, 3.63) is 69.2 Å². The summed E-state index contributed by atoms with van der Waals surface area (Å²) in [6, 6.07) is 13.0. The fourth-order valence-electron chi connectivity index (χ4n) is 1.53. The maximum absolute atomic E-state index is 10.7. The zero-order valence-corrected chi connectivity index (χ0v) is 10.5. The molecule has 0 saturated heterocycles. The molecular weight excluding hydrogens is 266 g/mol. The van der Waals surface area contributed by atoms with E-state index < -0.39 is 4.92 Å². The van der Waals surface area contributed by atoms with E-state index in [1.165, 1.54) is 18.2 Å². The van der Waals surface area contributed by atoms with Crippen LogP contribution in [0.25, 0.3) is 0 Å². The molecule has 0 aliphatic heterocycles. The molecule has 0 amide bonds. The number of nitrogens with zero attached hydrogens (tertiary/aromatic N) is 1. The first kappa shape index (κ1) is 13.0. The van der Waals surface area contributed by atoms with E-state index >= 15 is 0 Å². The Morgan fingerprint density at radius 1 is 1.21 bits per heavy atom. The Morgan fingerprint density at radius 2 is 1.89 bits per heavy atom. The predicted molar refractivity (Wildman–Crippen MR) is 75.0 cm³/mol. The highest BCUT2D eigenvalue weighted by Gasteiger charge is 2.11. The molecule has 5 nitrogen and oxygen atoms in total. The third-order valence-electron chi connectivity index (χ3n) is 2.48. The Labute approximate surface area is 114 Å². The van der Waals surface area contributed by atoms with Crippen molar-refractivity contribution in [3.8, 4) is 0 Å². The van der Waals surface area contributed by atoms with Crippen LogP contribution in [0.5, 0.6) is 0 Å². The van der Waals surface area contributed by atoms with Crippen molar-refractivity contribution < 1.29 is 4.92 Å². The molecule has 0 atom stereocenters. The number of benzene rings is 2. The van der Waals surface area contributed by atoms with Gasteiger partial charge >= 0.3 is 0 Å². The SMILES string of the molecule is N=C(Nc1cc([N+](=O)[O-])ccc1Cl)c1ccccc1. The van der Waals surface area contributed by atoms with Gasteiger partial charge in [-0.1, -0.05) is 41.9 Å². The van der Waals surface area contributed by atoms with Crippen LogP contribution >= 0.6 is 11.6 Å². The zero-order chi connectivity index (χ0) is 13.8. The Kier molecular flexibility index (Phi) is 3.77. The Balaban J connectivity index is 2.26. The van der Waals surface area contributed by atoms with Crippen LogP contribution in [0.4, 0.5) is 11.4 Å². The summed E-state index contributed by atoms with van der Waals surface area (Å²) in [7, 11) is 0. The van der Waals surface area contributed by atoms with E-state index in [4.69, 9.17) is 17.0 Å². The largest absolute Gasteiger partial charge is 0.339 e. The average molecular weight is 276 g/mol. The lowest BCUT2D eigenvalue weighted by molar-refractivity contribution is -0.384. The van der Waals surface area contributed by atoms with Gasteiger partial charge in [0.2, 0.25) is 0 Å². The average Bonchev–Trinajstić information content (AvgIpc) is 2.42. The summed E-state index contributed by atoms with van der Waals surface area (Å²) in [4.78, 5) is 10.2. The van der Waals surface area contributed by atoms with Crippen LogP contribution in [0.1, 0.15) is 5.56 Å². The zero-order valence-electron chi connectivity index (χ0n) is 9.76. The molecule has 19 heavy (non-hydrogen) atoms. The molecule has 0 fully saturated rings. The topological polar surface area (TPSA) is 79.0 Å². The lowest BCUT2D eigenvalue weighted by Crippen LogP contribution is -2.12. The van der Waals surface area contributed by atoms with Crippen molar-refractivity contribution in [2.75, 3.05) is 5.32 Å². The van der Waals surface area contributed by atoms with E-state index in [-0.39, 0.29) is 11.5 Å². The first-order valence-corrected chi connectivity index (χ1v) is 5.80. The minimum absolute atomic E-state index is 0.0761. The maximum atomic E-state index is 10.7. The molecule has 0 saturated carbocycles. The maximum Gasteiger partial charge on any atom is 0.271 e. The van der Waals surface area contributed by atoms with E-state index in [1.807, 2.05) is 6.07 Å². The monoisotopic (exact) mass is 275 g/mol. The second-order valence-electron chi connectivity index (χ2n) is 3.79. The van der Waals surface area contributed by atoms with Crippen LogP contribution in [0.15, 0.2) is 48.5 Å². The van der Waals surface area contributed by atoms with Gasteiger partial charge in [0.05, 0.1) is 15.6 Å². The molecule has 0 heterocycles. The summed E-state index contributed by atoms with van der Waals surface area (Å²) in [6.07, 6.45) is 0. The van der Waals surface area contributed by atoms with Crippen LogP contribution < -0.4 is 5.32 Å². The highest BCUT2D eigenvalue weighted by molar-refractivity contribution is 6.34. The van der Waals surface area contributed by atoms with E-state index in [1.54, 1.807) is 24.3 Å². The number of halogens is 1. The van der Waals surface area contributed by atoms with Crippen molar-refractivity contribution in [2.24, 2.45) is 0 Å². The number of nitrogens with one attached hydrogen (secondary N) is 2. The van der Waals surface area contributed by atoms with Gasteiger partial charge in [-0.05, 0) is 6.07 Å². The summed E-state index contributed by atoms with van der Waals surface area (Å²) in [6.45, 7) is 0. The summed E-state index contributed by atoms with van der Waals surface area (Å²) in [5, 5.41) is 21.7. The molecule has 0 spiro atoms. The number of nitro groups is 1. The molecule has 0 bridgehead atoms. The molecule has 0 aliphatic rings. The highest BCUT2D eigenvalue weighted by atomic mass is 35.5. The molecule has 2 N–H and O–H groups in total. The van der Waals surface area contributed by atoms with Crippen LogP contribution in [0.2, 0.25) is 5.02 Å². The molecule has 0 aromatic heterocycles. The van der Waals surface area contributed by atoms with Crippen molar-refractivity contribution in [2.45, 2.75) is 0 Å². The quantitative estimate of drug-likeness (QED) is 0.388. The molecule has 96 valence electrons. The van der Waals surface area contributed by atoms with Crippen LogP contribution in [-0.4, -0.2) is 10.8 Å². The van der Waals surface area contributed by atoms with Crippen LogP contribution in [0.3, 0.4) is 0 Å². The number of non-ortho nitro benzene ring substituents is 1. The van der Waals surface area contributed by atoms with Gasteiger partial charge in [0, 0.05) is 17.7 Å². The number of nitro benzene ring substituents is 1. The van der Waals surface area contributed by atoms with E-state index in [0.717, 1.165) is 0 Å². The van der Waals surface area contributed by atoms with E-state index in [0.29, 0.717) is 16.3 Å². The standard InChI is InChI=1S/C13H10ClN3O2/c14-11-7-6-10(17(18)19)8-12(11)16-13(15)9-4-2-1-3-5-9/h1-8H,(H2,15,16). The number of anilines is 1. The minimum atomic E-state index is -0.506. The first-order chi connectivity index (χ1) is 9.08. The molecule has 0 radical (unpaired) electrons. The van der Waals surface area contributed by atoms with Gasteiger partial charge in [-0.2, -0.15) is 0 Å². The van der Waals surface area contributed by atoms with Crippen LogP contribution in [0, 0.1) is 15.5 Å². The van der Waals surface area contributed by atoms with E-state index in [9.17, 15) is 10.1 Å². The fourth-order valence-corrected chi connectivity index (χ4v) is 1.70. The number of hydrogen-bond acceptors (Lipinski definition) is 3. The van der Waals surface area contributed by atoms with Gasteiger partial charge in [0.25, 0.3) is 5.69 Å². The molecular formula is C13H10ClN3O2. The van der Waals surface area contributed by atoms with Gasteiger partial charge in [-0.25, -0.2) is 0 Å². The molecule has 2 rings (SSSR count). The molecule has 0 aliphatic carbocycles. The van der Waals surface area contributed by atoms with Gasteiger partial charge in [0.1, 0.15) is 5.84 Å². The number of rotatable bonds is 3. The molecule has 6 heteroatoms. The van der Waals surface area contributed by atoms with Crippen molar-refractivity contribution >= 4 is 28.8 Å². The van der Waals surface area contributed by atoms with E-state index in [2.05, 4.69) is 5.32 Å². The summed E-state index contributed by atoms with van der Waals surface area (Å²) < 4.78 is 0. The Hall–Kier alpha value is -2.40. The molecule has 2 aromatic rings. The summed E-state index contributed by atoms with van der Waals surface area (Å²) >= 11 is 5.95. The number of amidine groups is 1. The van der Waals surface area contributed by atoms with Gasteiger partial charge in [-0.15, -0.1) is 0 Å². The van der Waals surface area contributed by atoms with Gasteiger partial charge in [-0.3, -0.25) is 15.5 Å². The second-order valence-corrected chi connectivity index (χ2v) is 4.19. The van der Waals surface area contributed by atoms with Gasteiger partial charge < -0.3 is 5.32 Å². The predicted octanol–water partition coefficient (Wildman–Crippen LogP) is 3.69. The second kappa shape index (κ2) is 5.49. The Morgan fingerprint density at radius 3 is 2.53 bits per heavy atom. The third kappa shape index (κ3) is 3.08. The highest BCUT2D eigenvalue weighted by Crippen LogP contribution is 2.27. The van der Waals surface area contributed by atoms with Crippen molar-refractivity contribution in [1.29, 1.82) is 5.41 Å². The van der Waals surface area contributed by atoms with Crippen molar-refractivity contribution in [3.63, 3.8) is 0 Å². The fraction of sp³-hybridized carbons (Fsp3) is 0. The minimum Gasteiger partial charge on any atom is -0.339 e.